The van der Waals surface area contributed by atoms with Crippen molar-refractivity contribution in [2.45, 2.75) is 4.34 Å². The van der Waals surface area contributed by atoms with Crippen molar-refractivity contribution in [3.63, 3.8) is 0 Å². The molecule has 2 amide bonds. The van der Waals surface area contributed by atoms with E-state index in [4.69, 9.17) is 14.2 Å². The Bertz CT molecular complexity index is 1030. The molecule has 11 heteroatoms. The van der Waals surface area contributed by atoms with Crippen LogP contribution in [-0.4, -0.2) is 49.1 Å². The number of nitrogens with one attached hydrogen (secondary N) is 2. The topological polar surface area (TPSA) is 112 Å². The first-order chi connectivity index (χ1) is 15.0. The van der Waals surface area contributed by atoms with Crippen molar-refractivity contribution in [3.05, 3.63) is 48.0 Å². The summed E-state index contributed by atoms with van der Waals surface area (Å²) in [4.78, 5) is 24.6. The van der Waals surface area contributed by atoms with Crippen molar-refractivity contribution in [1.82, 2.24) is 10.2 Å². The van der Waals surface area contributed by atoms with Gasteiger partial charge < -0.3 is 19.5 Å². The first kappa shape index (κ1) is 22.4. The molecule has 0 fully saturated rings. The summed E-state index contributed by atoms with van der Waals surface area (Å²) in [7, 11) is 4.60. The number of ether oxygens (including phenoxy) is 3. The fraction of sp³-hybridized carbons (Fsp3) is 0.200. The number of amides is 2. The number of nitrogens with zero attached hydrogens (tertiary/aromatic N) is 2. The Morgan fingerprint density at radius 1 is 0.903 bits per heavy atom. The number of carbonyl (C=O) groups excluding carboxylic acids is 2. The number of hydrogen-bond acceptors (Lipinski definition) is 9. The van der Waals surface area contributed by atoms with Gasteiger partial charge in [-0.15, -0.1) is 10.2 Å². The zero-order chi connectivity index (χ0) is 22.2. The van der Waals surface area contributed by atoms with Gasteiger partial charge in [0.1, 0.15) is 17.2 Å². The fourth-order valence-corrected chi connectivity index (χ4v) is 3.97. The minimum absolute atomic E-state index is 0.154. The average molecular weight is 461 g/mol. The lowest BCUT2D eigenvalue weighted by Gasteiger charge is -2.07. The molecule has 1 aromatic heterocycles. The largest absolute Gasteiger partial charge is 0.497 e. The van der Waals surface area contributed by atoms with Gasteiger partial charge in [0.2, 0.25) is 11.0 Å². The molecule has 9 nitrogen and oxygen atoms in total. The molecule has 0 saturated carbocycles. The Balaban J connectivity index is 1.54. The Hall–Kier alpha value is -3.31. The summed E-state index contributed by atoms with van der Waals surface area (Å²) in [6.07, 6.45) is 0. The molecule has 0 unspecified atom stereocenters. The van der Waals surface area contributed by atoms with Crippen LogP contribution in [-0.2, 0) is 4.79 Å². The first-order valence-corrected chi connectivity index (χ1v) is 10.8. The monoisotopic (exact) mass is 460 g/mol. The lowest BCUT2D eigenvalue weighted by Crippen LogP contribution is -2.13. The SMILES string of the molecule is COc1ccc(NC(=O)CSc2nnc(NC(=O)c3cc(OC)cc(OC)c3)s2)cc1. The third-order valence-electron chi connectivity index (χ3n) is 3.94. The summed E-state index contributed by atoms with van der Waals surface area (Å²) in [6, 6.07) is 11.9. The Morgan fingerprint density at radius 2 is 1.55 bits per heavy atom. The average Bonchev–Trinajstić information content (AvgIpc) is 3.25. The highest BCUT2D eigenvalue weighted by atomic mass is 32.2. The van der Waals surface area contributed by atoms with E-state index in [0.717, 1.165) is 0 Å². The van der Waals surface area contributed by atoms with Crippen molar-refractivity contribution < 1.29 is 23.8 Å². The molecule has 0 atom stereocenters. The van der Waals surface area contributed by atoms with Crippen LogP contribution in [0.25, 0.3) is 0 Å². The van der Waals surface area contributed by atoms with Crippen LogP contribution in [0.3, 0.4) is 0 Å². The maximum absolute atomic E-state index is 12.5. The van der Waals surface area contributed by atoms with Crippen molar-refractivity contribution in [2.24, 2.45) is 0 Å². The summed E-state index contributed by atoms with van der Waals surface area (Å²) < 4.78 is 16.0. The van der Waals surface area contributed by atoms with Gasteiger partial charge in [0.15, 0.2) is 4.34 Å². The predicted octanol–water partition coefficient (Wildman–Crippen LogP) is 3.55. The van der Waals surface area contributed by atoms with Gasteiger partial charge in [0.05, 0.1) is 27.1 Å². The maximum atomic E-state index is 12.5. The van der Waals surface area contributed by atoms with Crippen molar-refractivity contribution in [1.29, 1.82) is 0 Å². The molecule has 3 aromatic rings. The quantitative estimate of drug-likeness (QED) is 0.368. The molecule has 0 bridgehead atoms. The molecular formula is C20H20N4O5S2. The number of hydrogen-bond donors (Lipinski definition) is 2. The normalized spacial score (nSPS) is 10.3. The van der Waals surface area contributed by atoms with Crippen LogP contribution in [0.5, 0.6) is 17.2 Å². The molecule has 31 heavy (non-hydrogen) atoms. The summed E-state index contributed by atoms with van der Waals surface area (Å²) in [5.74, 6) is 1.31. The van der Waals surface area contributed by atoms with E-state index in [0.29, 0.717) is 38.0 Å². The second-order valence-corrected chi connectivity index (χ2v) is 8.19. The second kappa shape index (κ2) is 10.6. The lowest BCUT2D eigenvalue weighted by molar-refractivity contribution is -0.113. The predicted molar refractivity (Wildman–Crippen MR) is 120 cm³/mol. The van der Waals surface area contributed by atoms with Gasteiger partial charge in [-0.1, -0.05) is 23.1 Å². The van der Waals surface area contributed by atoms with E-state index in [-0.39, 0.29) is 17.6 Å². The smallest absolute Gasteiger partial charge is 0.257 e. The van der Waals surface area contributed by atoms with Gasteiger partial charge in [0, 0.05) is 17.3 Å². The minimum Gasteiger partial charge on any atom is -0.497 e. The number of aromatic nitrogens is 2. The Morgan fingerprint density at radius 3 is 2.16 bits per heavy atom. The Kier molecular flexibility index (Phi) is 7.68. The highest BCUT2D eigenvalue weighted by Crippen LogP contribution is 2.27. The third-order valence-corrected chi connectivity index (χ3v) is 5.91. The molecule has 0 spiro atoms. The van der Waals surface area contributed by atoms with Gasteiger partial charge in [-0.2, -0.15) is 0 Å². The van der Waals surface area contributed by atoms with E-state index < -0.39 is 0 Å². The zero-order valence-corrected chi connectivity index (χ0v) is 18.6. The zero-order valence-electron chi connectivity index (χ0n) is 17.0. The van der Waals surface area contributed by atoms with E-state index >= 15 is 0 Å². The molecule has 1 heterocycles. The standard InChI is InChI=1S/C20H20N4O5S2/c1-27-14-6-4-13(5-7-14)21-17(25)11-30-20-24-23-19(31-20)22-18(26)12-8-15(28-2)10-16(9-12)29-3/h4-10H,11H2,1-3H3,(H,21,25)(H,22,23,26). The molecular weight excluding hydrogens is 440 g/mol. The fourth-order valence-electron chi connectivity index (χ4n) is 2.43. The first-order valence-electron chi connectivity index (χ1n) is 8.95. The maximum Gasteiger partial charge on any atom is 0.257 e. The summed E-state index contributed by atoms with van der Waals surface area (Å²) in [5.41, 5.74) is 1.03. The van der Waals surface area contributed by atoms with E-state index in [1.54, 1.807) is 49.6 Å². The van der Waals surface area contributed by atoms with Crippen LogP contribution in [0.15, 0.2) is 46.8 Å². The van der Waals surface area contributed by atoms with Crippen molar-refractivity contribution in [2.75, 3.05) is 37.7 Å². The van der Waals surface area contributed by atoms with Crippen LogP contribution < -0.4 is 24.8 Å². The van der Waals surface area contributed by atoms with E-state index in [9.17, 15) is 9.59 Å². The number of anilines is 2. The van der Waals surface area contributed by atoms with Gasteiger partial charge in [-0.25, -0.2) is 0 Å². The minimum atomic E-state index is -0.373. The highest BCUT2D eigenvalue weighted by Gasteiger charge is 2.14. The van der Waals surface area contributed by atoms with Crippen molar-refractivity contribution in [3.8, 4) is 17.2 Å². The van der Waals surface area contributed by atoms with Crippen LogP contribution in [0, 0.1) is 0 Å². The number of rotatable bonds is 9. The summed E-state index contributed by atoms with van der Waals surface area (Å²) in [6.45, 7) is 0. The van der Waals surface area contributed by atoms with E-state index in [2.05, 4.69) is 20.8 Å². The number of thioether (sulfide) groups is 1. The molecule has 0 aliphatic carbocycles. The molecule has 3 rings (SSSR count). The molecule has 2 N–H and O–H groups in total. The molecule has 162 valence electrons. The molecule has 0 saturated heterocycles. The van der Waals surface area contributed by atoms with Crippen LogP contribution >= 0.6 is 23.1 Å². The summed E-state index contributed by atoms with van der Waals surface area (Å²) in [5, 5.41) is 13.8. The van der Waals surface area contributed by atoms with Crippen LogP contribution in [0.2, 0.25) is 0 Å². The van der Waals surface area contributed by atoms with Gasteiger partial charge in [0.25, 0.3) is 5.91 Å². The molecule has 0 aliphatic heterocycles. The lowest BCUT2D eigenvalue weighted by atomic mass is 10.2. The Labute approximate surface area is 187 Å². The second-order valence-electron chi connectivity index (χ2n) is 5.99. The highest BCUT2D eigenvalue weighted by molar-refractivity contribution is 8.01. The number of carbonyl (C=O) groups is 2. The van der Waals surface area contributed by atoms with Crippen LogP contribution in [0.4, 0.5) is 10.8 Å². The van der Waals surface area contributed by atoms with Crippen LogP contribution in [0.1, 0.15) is 10.4 Å². The molecule has 2 aromatic carbocycles. The molecule has 0 radical (unpaired) electrons. The van der Waals surface area contributed by atoms with Gasteiger partial charge in [-0.05, 0) is 36.4 Å². The number of benzene rings is 2. The van der Waals surface area contributed by atoms with Gasteiger partial charge in [-0.3, -0.25) is 14.9 Å². The summed E-state index contributed by atoms with van der Waals surface area (Å²) >= 11 is 2.41. The van der Waals surface area contributed by atoms with E-state index in [1.165, 1.54) is 37.3 Å². The third kappa shape index (κ3) is 6.33. The number of methoxy groups -OCH3 is 3. The van der Waals surface area contributed by atoms with E-state index in [1.807, 2.05) is 0 Å². The van der Waals surface area contributed by atoms with Gasteiger partial charge >= 0.3 is 0 Å². The van der Waals surface area contributed by atoms with Crippen molar-refractivity contribution >= 4 is 45.7 Å². The molecule has 0 aliphatic rings.